The minimum absolute atomic E-state index is 0.178. The van der Waals surface area contributed by atoms with Gasteiger partial charge in [0.25, 0.3) is 0 Å². The molecule has 0 aromatic carbocycles. The third kappa shape index (κ3) is 3.18. The first-order valence-electron chi connectivity index (χ1n) is 5.28. The monoisotopic (exact) mass is 208 g/mol. The van der Waals surface area contributed by atoms with Crippen molar-refractivity contribution >= 4 is 0 Å². The first-order valence-corrected chi connectivity index (χ1v) is 5.28. The molecule has 1 saturated carbocycles. The molecule has 1 heterocycles. The van der Waals surface area contributed by atoms with Gasteiger partial charge in [-0.05, 0) is 30.9 Å². The number of aromatic hydroxyl groups is 1. The quantitative estimate of drug-likeness (QED) is 0.664. The Labute approximate surface area is 89.0 Å². The number of nitrogens with zero attached hydrogens (tertiary/aromatic N) is 1. The van der Waals surface area contributed by atoms with E-state index >= 15 is 0 Å². The van der Waals surface area contributed by atoms with Gasteiger partial charge in [0.05, 0.1) is 18.0 Å². The van der Waals surface area contributed by atoms with Crippen LogP contribution in [0.5, 0.6) is 5.75 Å². The van der Waals surface area contributed by atoms with Gasteiger partial charge >= 0.3 is 0 Å². The van der Waals surface area contributed by atoms with Gasteiger partial charge in [-0.1, -0.05) is 0 Å². The number of hydrogen-bond donors (Lipinski definition) is 3. The smallest absolute Gasteiger partial charge is 0.133 e. The predicted octanol–water partition coefficient (Wildman–Crippen LogP) is 0.648. The van der Waals surface area contributed by atoms with E-state index in [2.05, 4.69) is 10.3 Å². The Balaban J connectivity index is 1.70. The van der Waals surface area contributed by atoms with E-state index in [1.807, 2.05) is 0 Å². The number of hydrogen-bond acceptors (Lipinski definition) is 4. The molecule has 1 aromatic rings. The fraction of sp³-hybridized carbons (Fsp3) is 0.545. The van der Waals surface area contributed by atoms with Crippen LogP contribution < -0.4 is 5.32 Å². The fourth-order valence-electron chi connectivity index (χ4n) is 1.52. The summed E-state index contributed by atoms with van der Waals surface area (Å²) in [5.74, 6) is 0.682. The molecule has 0 saturated heterocycles. The first kappa shape index (κ1) is 10.4. The number of aliphatic hydroxyl groups excluding tert-OH is 1. The Morgan fingerprint density at radius 1 is 1.47 bits per heavy atom. The molecule has 1 fully saturated rings. The molecule has 3 N–H and O–H groups in total. The third-order valence-corrected chi connectivity index (χ3v) is 2.63. The van der Waals surface area contributed by atoms with Crippen molar-refractivity contribution < 1.29 is 10.2 Å². The number of rotatable bonds is 5. The molecule has 4 nitrogen and oxygen atoms in total. The van der Waals surface area contributed by atoms with Crippen molar-refractivity contribution in [2.45, 2.75) is 25.5 Å². The Kier molecular flexibility index (Phi) is 3.18. The Bertz CT molecular complexity index is 309. The molecule has 4 heteroatoms. The highest BCUT2D eigenvalue weighted by Gasteiger charge is 2.28. The molecule has 82 valence electrons. The van der Waals surface area contributed by atoms with E-state index < -0.39 is 0 Å². The lowest BCUT2D eigenvalue weighted by Gasteiger charge is -2.09. The zero-order valence-corrected chi connectivity index (χ0v) is 8.56. The van der Waals surface area contributed by atoms with Crippen molar-refractivity contribution in [3.8, 4) is 5.75 Å². The zero-order valence-electron chi connectivity index (χ0n) is 8.56. The Morgan fingerprint density at radius 2 is 2.27 bits per heavy atom. The zero-order chi connectivity index (χ0) is 10.7. The summed E-state index contributed by atoms with van der Waals surface area (Å²) in [7, 11) is 0. The minimum atomic E-state index is -0.220. The second kappa shape index (κ2) is 4.59. The maximum absolute atomic E-state index is 9.59. The Hall–Kier alpha value is -1.13. The van der Waals surface area contributed by atoms with Crippen LogP contribution in [0.4, 0.5) is 0 Å². The van der Waals surface area contributed by atoms with Crippen LogP contribution in [0.2, 0.25) is 0 Å². The lowest BCUT2D eigenvalue weighted by atomic mass is 10.2. The van der Waals surface area contributed by atoms with Crippen molar-refractivity contribution in [2.75, 3.05) is 6.54 Å². The highest BCUT2D eigenvalue weighted by Crippen LogP contribution is 2.32. The van der Waals surface area contributed by atoms with Gasteiger partial charge in [-0.2, -0.15) is 0 Å². The van der Waals surface area contributed by atoms with Gasteiger partial charge < -0.3 is 15.5 Å². The molecule has 1 aliphatic rings. The van der Waals surface area contributed by atoms with Crippen molar-refractivity contribution in [1.29, 1.82) is 0 Å². The number of pyridine rings is 1. The van der Waals surface area contributed by atoms with Crippen LogP contribution in [0.1, 0.15) is 18.5 Å². The topological polar surface area (TPSA) is 65.4 Å². The van der Waals surface area contributed by atoms with Gasteiger partial charge in [0.1, 0.15) is 5.75 Å². The van der Waals surface area contributed by atoms with Crippen molar-refractivity contribution in [2.24, 2.45) is 5.92 Å². The van der Waals surface area contributed by atoms with E-state index in [1.54, 1.807) is 12.1 Å². The maximum atomic E-state index is 9.59. The molecule has 0 bridgehead atoms. The minimum Gasteiger partial charge on any atom is -0.506 e. The van der Waals surface area contributed by atoms with E-state index in [1.165, 1.54) is 6.20 Å². The van der Waals surface area contributed by atoms with Crippen LogP contribution in [0.25, 0.3) is 0 Å². The van der Waals surface area contributed by atoms with Gasteiger partial charge in [0, 0.05) is 13.1 Å². The molecule has 1 atom stereocenters. The van der Waals surface area contributed by atoms with Crippen molar-refractivity contribution in [3.63, 3.8) is 0 Å². The molecule has 1 unspecified atom stereocenters. The average molecular weight is 208 g/mol. The largest absolute Gasteiger partial charge is 0.506 e. The van der Waals surface area contributed by atoms with Crippen LogP contribution >= 0.6 is 0 Å². The summed E-state index contributed by atoms with van der Waals surface area (Å²) in [4.78, 5) is 4.04. The molecular weight excluding hydrogens is 192 g/mol. The summed E-state index contributed by atoms with van der Waals surface area (Å²) in [5.41, 5.74) is 0.871. The number of nitrogens with one attached hydrogen (secondary N) is 1. The third-order valence-electron chi connectivity index (χ3n) is 2.63. The van der Waals surface area contributed by atoms with Crippen LogP contribution in [-0.2, 0) is 6.54 Å². The van der Waals surface area contributed by atoms with E-state index in [0.717, 1.165) is 18.5 Å². The summed E-state index contributed by atoms with van der Waals surface area (Å²) in [6.45, 7) is 1.25. The van der Waals surface area contributed by atoms with Crippen molar-refractivity contribution in [3.05, 3.63) is 24.0 Å². The molecule has 15 heavy (non-hydrogen) atoms. The summed E-state index contributed by atoms with van der Waals surface area (Å²) >= 11 is 0. The molecule has 0 aliphatic heterocycles. The van der Waals surface area contributed by atoms with E-state index in [4.69, 9.17) is 5.11 Å². The van der Waals surface area contributed by atoms with Gasteiger partial charge in [-0.15, -0.1) is 0 Å². The van der Waals surface area contributed by atoms with Gasteiger partial charge in [-0.25, -0.2) is 0 Å². The highest BCUT2D eigenvalue weighted by atomic mass is 16.3. The average Bonchev–Trinajstić information content (AvgIpc) is 3.04. The Morgan fingerprint density at radius 3 is 2.87 bits per heavy atom. The van der Waals surface area contributed by atoms with Crippen LogP contribution in [-0.4, -0.2) is 27.8 Å². The summed E-state index contributed by atoms with van der Waals surface area (Å²) in [6, 6.07) is 3.38. The lowest BCUT2D eigenvalue weighted by Crippen LogP contribution is -2.28. The second-order valence-electron chi connectivity index (χ2n) is 4.04. The van der Waals surface area contributed by atoms with E-state index in [9.17, 15) is 5.11 Å². The van der Waals surface area contributed by atoms with Crippen LogP contribution in [0.15, 0.2) is 18.3 Å². The fourth-order valence-corrected chi connectivity index (χ4v) is 1.52. The molecule has 1 aromatic heterocycles. The lowest BCUT2D eigenvalue weighted by molar-refractivity contribution is 0.148. The molecule has 0 spiro atoms. The molecular formula is C11H16N2O2. The summed E-state index contributed by atoms with van der Waals surface area (Å²) < 4.78 is 0. The number of aliphatic hydroxyl groups is 1. The highest BCUT2D eigenvalue weighted by molar-refractivity contribution is 5.17. The summed E-state index contributed by atoms with van der Waals surface area (Å²) in [5, 5.41) is 21.8. The van der Waals surface area contributed by atoms with Gasteiger partial charge in [-0.3, -0.25) is 4.98 Å². The summed E-state index contributed by atoms with van der Waals surface area (Å²) in [6.07, 6.45) is 3.51. The van der Waals surface area contributed by atoms with Crippen LogP contribution in [0.3, 0.4) is 0 Å². The van der Waals surface area contributed by atoms with E-state index in [0.29, 0.717) is 19.0 Å². The van der Waals surface area contributed by atoms with Crippen LogP contribution in [0, 0.1) is 5.92 Å². The first-order chi connectivity index (χ1) is 7.25. The molecule has 0 amide bonds. The predicted molar refractivity (Wildman–Crippen MR) is 56.3 cm³/mol. The van der Waals surface area contributed by atoms with Gasteiger partial charge in [0.15, 0.2) is 0 Å². The second-order valence-corrected chi connectivity index (χ2v) is 4.04. The van der Waals surface area contributed by atoms with E-state index in [-0.39, 0.29) is 11.9 Å². The van der Waals surface area contributed by atoms with Crippen molar-refractivity contribution in [1.82, 2.24) is 10.3 Å². The maximum Gasteiger partial charge on any atom is 0.133 e. The normalized spacial score (nSPS) is 17.7. The SMILES string of the molecule is Oc1ccc(CNCC(O)C2CC2)nc1. The van der Waals surface area contributed by atoms with Gasteiger partial charge in [0.2, 0.25) is 0 Å². The standard InChI is InChI=1S/C11H16N2O2/c14-10-4-3-9(13-6-10)5-12-7-11(15)8-1-2-8/h3-4,6,8,11-12,14-15H,1-2,5,7H2. The number of aromatic nitrogens is 1. The molecule has 1 aliphatic carbocycles. The molecule has 0 radical (unpaired) electrons. The molecule has 2 rings (SSSR count).